The van der Waals surface area contributed by atoms with Crippen molar-refractivity contribution in [1.82, 2.24) is 40.1 Å². The van der Waals surface area contributed by atoms with E-state index in [0.29, 0.717) is 45.2 Å². The molecule has 0 unspecified atom stereocenters. The second-order valence-electron chi connectivity index (χ2n) is 8.40. The lowest BCUT2D eigenvalue weighted by molar-refractivity contribution is 0.642. The summed E-state index contributed by atoms with van der Waals surface area (Å²) in [4.78, 5) is 25.5. The zero-order chi connectivity index (χ0) is 23.9. The molecule has 0 saturated carbocycles. The van der Waals surface area contributed by atoms with Crippen LogP contribution < -0.4 is 5.32 Å². The number of aromatic nitrogens is 8. The van der Waals surface area contributed by atoms with Crippen LogP contribution in [0.4, 0.5) is 10.1 Å². The van der Waals surface area contributed by atoms with Crippen LogP contribution in [0.15, 0.2) is 61.3 Å². The van der Waals surface area contributed by atoms with Crippen LogP contribution in [-0.4, -0.2) is 46.1 Å². The number of fused-ring (bicyclic) bond motifs is 2. The van der Waals surface area contributed by atoms with Crippen LogP contribution in [0, 0.1) is 5.82 Å². The molecule has 0 aliphatic heterocycles. The van der Waals surface area contributed by atoms with Crippen LogP contribution in [0.25, 0.3) is 56.1 Å². The molecule has 6 aromatic heterocycles. The molecule has 6 rings (SSSR count). The molecule has 0 spiro atoms. The first-order chi connectivity index (χ1) is 17.1. The number of nitrogens with one attached hydrogen (secondary N) is 3. The summed E-state index contributed by atoms with van der Waals surface area (Å²) >= 11 is 0. The Morgan fingerprint density at radius 2 is 1.89 bits per heavy atom. The van der Waals surface area contributed by atoms with Gasteiger partial charge in [-0.3, -0.25) is 20.1 Å². The zero-order valence-electron chi connectivity index (χ0n) is 18.9. The van der Waals surface area contributed by atoms with Crippen molar-refractivity contribution in [1.29, 1.82) is 0 Å². The molecule has 0 aliphatic carbocycles. The molecule has 6 heterocycles. The van der Waals surface area contributed by atoms with Gasteiger partial charge in [0.2, 0.25) is 0 Å². The molecule has 0 aliphatic rings. The summed E-state index contributed by atoms with van der Waals surface area (Å²) in [6.07, 6.45) is 8.19. The summed E-state index contributed by atoms with van der Waals surface area (Å²) in [5, 5.41) is 10.7. The van der Waals surface area contributed by atoms with E-state index in [9.17, 15) is 0 Å². The minimum atomic E-state index is -0.453. The highest BCUT2D eigenvalue weighted by Crippen LogP contribution is 2.34. The van der Waals surface area contributed by atoms with Crippen LogP contribution in [-0.2, 0) is 0 Å². The van der Waals surface area contributed by atoms with E-state index >= 15 is 4.39 Å². The maximum atomic E-state index is 15.9. The van der Waals surface area contributed by atoms with Crippen molar-refractivity contribution in [3.8, 4) is 34.0 Å². The number of pyridine rings is 4. The number of H-pyrrole nitrogens is 2. The number of imidazole rings is 1. The Balaban J connectivity index is 1.49. The first kappa shape index (κ1) is 20.8. The third-order valence-corrected chi connectivity index (χ3v) is 5.56. The van der Waals surface area contributed by atoms with Crippen molar-refractivity contribution >= 4 is 27.8 Å². The van der Waals surface area contributed by atoms with Gasteiger partial charge >= 0.3 is 0 Å². The lowest BCUT2D eigenvalue weighted by Gasteiger charge is -2.11. The first-order valence-electron chi connectivity index (χ1n) is 11.1. The number of rotatable bonds is 5. The van der Waals surface area contributed by atoms with Crippen molar-refractivity contribution in [2.75, 3.05) is 5.32 Å². The molecule has 9 nitrogen and oxygen atoms in total. The van der Waals surface area contributed by atoms with Gasteiger partial charge in [-0.2, -0.15) is 5.10 Å². The Bertz CT molecular complexity index is 1670. The molecule has 6 aromatic rings. The lowest BCUT2D eigenvalue weighted by Crippen LogP contribution is -2.09. The van der Waals surface area contributed by atoms with Gasteiger partial charge in [0.1, 0.15) is 22.7 Å². The van der Waals surface area contributed by atoms with E-state index in [2.05, 4.69) is 40.4 Å². The number of anilines is 1. The molecule has 0 saturated heterocycles. The maximum absolute atomic E-state index is 15.9. The van der Waals surface area contributed by atoms with Gasteiger partial charge in [0.15, 0.2) is 11.5 Å². The standard InChI is InChI=1S/C25H20FN9/c1-13(2)31-15-9-14(10-27-11-15)16-12-30-24-19(20(16)26)23(34-35-24)25-32-18-6-8-29-21(22(18)33-25)17-5-3-4-7-28-17/h3-13,31H,1-2H3,(H,32,33)(H,30,34,35). The Morgan fingerprint density at radius 1 is 0.971 bits per heavy atom. The molecular weight excluding hydrogens is 445 g/mol. The highest BCUT2D eigenvalue weighted by Gasteiger charge is 2.21. The Hall–Kier alpha value is -4.73. The van der Waals surface area contributed by atoms with E-state index < -0.39 is 5.82 Å². The van der Waals surface area contributed by atoms with Gasteiger partial charge in [0.25, 0.3) is 0 Å². The molecule has 10 heteroatoms. The van der Waals surface area contributed by atoms with Gasteiger partial charge in [-0.1, -0.05) is 6.07 Å². The van der Waals surface area contributed by atoms with E-state index in [0.717, 1.165) is 11.2 Å². The average Bonchev–Trinajstić information content (AvgIpc) is 3.49. The van der Waals surface area contributed by atoms with Crippen LogP contribution in [0.5, 0.6) is 0 Å². The third-order valence-electron chi connectivity index (χ3n) is 5.56. The van der Waals surface area contributed by atoms with E-state index in [1.54, 1.807) is 24.8 Å². The van der Waals surface area contributed by atoms with E-state index in [-0.39, 0.29) is 11.4 Å². The van der Waals surface area contributed by atoms with Gasteiger partial charge in [-0.05, 0) is 38.1 Å². The summed E-state index contributed by atoms with van der Waals surface area (Å²) in [7, 11) is 0. The van der Waals surface area contributed by atoms with Gasteiger partial charge in [-0.25, -0.2) is 14.4 Å². The molecule has 0 fully saturated rings. The number of hydrogen-bond acceptors (Lipinski definition) is 7. The minimum absolute atomic E-state index is 0.219. The summed E-state index contributed by atoms with van der Waals surface area (Å²) < 4.78 is 15.9. The van der Waals surface area contributed by atoms with Crippen LogP contribution in [0.1, 0.15) is 13.8 Å². The molecular formula is C25H20FN9. The van der Waals surface area contributed by atoms with Gasteiger partial charge in [0, 0.05) is 48.2 Å². The van der Waals surface area contributed by atoms with E-state index in [1.807, 2.05) is 44.2 Å². The predicted molar refractivity (Wildman–Crippen MR) is 132 cm³/mol. The van der Waals surface area contributed by atoms with Crippen molar-refractivity contribution < 1.29 is 4.39 Å². The van der Waals surface area contributed by atoms with Crippen LogP contribution >= 0.6 is 0 Å². The van der Waals surface area contributed by atoms with Crippen molar-refractivity contribution in [2.45, 2.75) is 19.9 Å². The van der Waals surface area contributed by atoms with Gasteiger partial charge in [-0.15, -0.1) is 0 Å². The fraction of sp³-hybridized carbons (Fsp3) is 0.120. The third kappa shape index (κ3) is 3.65. The number of nitrogens with zero attached hydrogens (tertiary/aromatic N) is 6. The fourth-order valence-corrected chi connectivity index (χ4v) is 4.06. The molecule has 0 bridgehead atoms. The topological polar surface area (TPSA) is 121 Å². The first-order valence-corrected chi connectivity index (χ1v) is 11.1. The second-order valence-corrected chi connectivity index (χ2v) is 8.40. The highest BCUT2D eigenvalue weighted by atomic mass is 19.1. The Kier molecular flexibility index (Phi) is 4.91. The van der Waals surface area contributed by atoms with E-state index in [1.165, 1.54) is 6.20 Å². The van der Waals surface area contributed by atoms with Gasteiger partial charge in [0.05, 0.1) is 22.3 Å². The summed E-state index contributed by atoms with van der Waals surface area (Å²) in [5.74, 6) is -0.0478. The van der Waals surface area contributed by atoms with Crippen LogP contribution in [0.3, 0.4) is 0 Å². The normalized spacial score (nSPS) is 11.5. The summed E-state index contributed by atoms with van der Waals surface area (Å²) in [6, 6.07) is 9.48. The van der Waals surface area contributed by atoms with E-state index in [4.69, 9.17) is 4.98 Å². The smallest absolute Gasteiger partial charge is 0.159 e. The summed E-state index contributed by atoms with van der Waals surface area (Å²) in [5.41, 5.74) is 5.09. The Labute approximate surface area is 198 Å². The fourth-order valence-electron chi connectivity index (χ4n) is 4.06. The molecule has 3 N–H and O–H groups in total. The largest absolute Gasteiger partial charge is 0.382 e. The second kappa shape index (κ2) is 8.24. The molecule has 35 heavy (non-hydrogen) atoms. The van der Waals surface area contributed by atoms with Gasteiger partial charge < -0.3 is 10.3 Å². The quantitative estimate of drug-likeness (QED) is 0.328. The SMILES string of the molecule is CC(C)Nc1cncc(-c2cnc3[nH]nc(-c4nc5c(-c6ccccn6)nccc5[nH]4)c3c2F)c1. The zero-order valence-corrected chi connectivity index (χ0v) is 18.9. The molecule has 0 amide bonds. The van der Waals surface area contributed by atoms with Crippen molar-refractivity contribution in [2.24, 2.45) is 0 Å². The molecule has 172 valence electrons. The minimum Gasteiger partial charge on any atom is -0.382 e. The molecule has 0 radical (unpaired) electrons. The number of aromatic amines is 2. The highest BCUT2D eigenvalue weighted by molar-refractivity contribution is 5.96. The van der Waals surface area contributed by atoms with Crippen LogP contribution in [0.2, 0.25) is 0 Å². The van der Waals surface area contributed by atoms with Crippen molar-refractivity contribution in [3.63, 3.8) is 0 Å². The molecule has 0 aromatic carbocycles. The molecule has 0 atom stereocenters. The number of halogens is 1. The Morgan fingerprint density at radius 3 is 2.71 bits per heavy atom. The summed E-state index contributed by atoms with van der Waals surface area (Å²) in [6.45, 7) is 4.06. The average molecular weight is 465 g/mol. The van der Waals surface area contributed by atoms with Crippen molar-refractivity contribution in [3.05, 3.63) is 67.1 Å². The monoisotopic (exact) mass is 465 g/mol. The predicted octanol–water partition coefficient (Wildman–Crippen LogP) is 4.98. The lowest BCUT2D eigenvalue weighted by atomic mass is 10.1. The maximum Gasteiger partial charge on any atom is 0.159 e. The number of hydrogen-bond donors (Lipinski definition) is 3.